The Balaban J connectivity index is 1.79. The lowest BCUT2D eigenvalue weighted by Gasteiger charge is -2.30. The van der Waals surface area contributed by atoms with Crippen molar-refractivity contribution < 1.29 is 4.79 Å². The van der Waals surface area contributed by atoms with E-state index >= 15 is 0 Å². The van der Waals surface area contributed by atoms with E-state index in [2.05, 4.69) is 12.2 Å². The first-order chi connectivity index (χ1) is 8.01. The quantitative estimate of drug-likeness (QED) is 0.787. The Labute approximate surface area is 105 Å². The van der Waals surface area contributed by atoms with Crippen molar-refractivity contribution in [3.05, 3.63) is 0 Å². The fourth-order valence-electron chi connectivity index (χ4n) is 2.98. The largest absolute Gasteiger partial charge is 0.354 e. The van der Waals surface area contributed by atoms with Gasteiger partial charge in [-0.2, -0.15) is 0 Å². The Morgan fingerprint density at radius 1 is 1.29 bits per heavy atom. The van der Waals surface area contributed by atoms with E-state index in [-0.39, 0.29) is 5.91 Å². The first-order valence-corrected chi connectivity index (χ1v) is 7.09. The third-order valence-corrected chi connectivity index (χ3v) is 4.73. The van der Waals surface area contributed by atoms with Crippen LogP contribution in [-0.4, -0.2) is 18.0 Å². The molecule has 0 saturated heterocycles. The van der Waals surface area contributed by atoms with Crippen LogP contribution in [-0.2, 0) is 4.79 Å². The molecule has 0 heterocycles. The second-order valence-electron chi connectivity index (χ2n) is 6.29. The van der Waals surface area contributed by atoms with Gasteiger partial charge in [-0.1, -0.05) is 26.2 Å². The van der Waals surface area contributed by atoms with E-state index in [4.69, 9.17) is 5.73 Å². The van der Waals surface area contributed by atoms with Gasteiger partial charge in [0, 0.05) is 6.54 Å². The van der Waals surface area contributed by atoms with Crippen molar-refractivity contribution in [3.8, 4) is 0 Å². The molecule has 0 aromatic carbocycles. The van der Waals surface area contributed by atoms with Gasteiger partial charge < -0.3 is 11.1 Å². The van der Waals surface area contributed by atoms with Crippen molar-refractivity contribution in [3.63, 3.8) is 0 Å². The van der Waals surface area contributed by atoms with Gasteiger partial charge >= 0.3 is 0 Å². The van der Waals surface area contributed by atoms with E-state index < -0.39 is 5.54 Å². The van der Waals surface area contributed by atoms with E-state index in [1.807, 2.05) is 6.92 Å². The maximum Gasteiger partial charge on any atom is 0.240 e. The molecule has 0 aliphatic heterocycles. The lowest BCUT2D eigenvalue weighted by Crippen LogP contribution is -2.54. The topological polar surface area (TPSA) is 55.1 Å². The van der Waals surface area contributed by atoms with Gasteiger partial charge in [-0.15, -0.1) is 0 Å². The summed E-state index contributed by atoms with van der Waals surface area (Å²) in [6.45, 7) is 5.00. The SMILES string of the molecule is CC1CCCCC1CNC(=O)C(C)(N)C1CC1. The second kappa shape index (κ2) is 4.97. The maximum atomic E-state index is 12.1. The molecule has 2 fully saturated rings. The summed E-state index contributed by atoms with van der Waals surface area (Å²) in [4.78, 5) is 12.1. The maximum absolute atomic E-state index is 12.1. The zero-order valence-corrected chi connectivity index (χ0v) is 11.2. The minimum absolute atomic E-state index is 0.0535. The van der Waals surface area contributed by atoms with E-state index in [1.165, 1.54) is 25.7 Å². The average molecular weight is 238 g/mol. The molecule has 1 amide bonds. The number of nitrogens with two attached hydrogens (primary N) is 1. The van der Waals surface area contributed by atoms with Gasteiger partial charge in [0.15, 0.2) is 0 Å². The van der Waals surface area contributed by atoms with Crippen molar-refractivity contribution >= 4 is 5.91 Å². The van der Waals surface area contributed by atoms with Crippen LogP contribution in [0.5, 0.6) is 0 Å². The van der Waals surface area contributed by atoms with Crippen molar-refractivity contribution in [1.29, 1.82) is 0 Å². The zero-order chi connectivity index (χ0) is 12.5. The number of nitrogens with one attached hydrogen (secondary N) is 1. The summed E-state index contributed by atoms with van der Waals surface area (Å²) in [5, 5.41) is 3.08. The Morgan fingerprint density at radius 2 is 1.94 bits per heavy atom. The lowest BCUT2D eigenvalue weighted by molar-refractivity contribution is -0.126. The Hall–Kier alpha value is -0.570. The highest BCUT2D eigenvalue weighted by Gasteiger charge is 2.44. The van der Waals surface area contributed by atoms with Gasteiger partial charge in [0.25, 0.3) is 0 Å². The predicted molar refractivity (Wildman–Crippen MR) is 69.4 cm³/mol. The van der Waals surface area contributed by atoms with Crippen LogP contribution in [0.4, 0.5) is 0 Å². The van der Waals surface area contributed by atoms with E-state index in [0.717, 1.165) is 25.3 Å². The van der Waals surface area contributed by atoms with Gasteiger partial charge in [-0.05, 0) is 43.9 Å². The highest BCUT2D eigenvalue weighted by Crippen LogP contribution is 2.38. The molecule has 3 nitrogen and oxygen atoms in total. The normalized spacial score (nSPS) is 32.9. The number of hydrogen-bond donors (Lipinski definition) is 2. The zero-order valence-electron chi connectivity index (χ0n) is 11.2. The molecule has 0 radical (unpaired) electrons. The molecule has 2 rings (SSSR count). The van der Waals surface area contributed by atoms with Crippen LogP contribution in [0.25, 0.3) is 0 Å². The molecule has 3 N–H and O–H groups in total. The van der Waals surface area contributed by atoms with Crippen LogP contribution in [0.1, 0.15) is 52.4 Å². The van der Waals surface area contributed by atoms with Gasteiger partial charge in [0.2, 0.25) is 5.91 Å². The molecule has 0 aromatic heterocycles. The molecular weight excluding hydrogens is 212 g/mol. The molecule has 0 bridgehead atoms. The number of hydrogen-bond acceptors (Lipinski definition) is 2. The summed E-state index contributed by atoms with van der Waals surface area (Å²) in [5.41, 5.74) is 5.46. The third-order valence-electron chi connectivity index (χ3n) is 4.73. The molecule has 3 heteroatoms. The Morgan fingerprint density at radius 3 is 2.53 bits per heavy atom. The van der Waals surface area contributed by atoms with Crippen LogP contribution in [0.2, 0.25) is 0 Å². The molecule has 3 atom stereocenters. The fourth-order valence-corrected chi connectivity index (χ4v) is 2.98. The highest BCUT2D eigenvalue weighted by molar-refractivity contribution is 5.86. The van der Waals surface area contributed by atoms with Gasteiger partial charge in [-0.25, -0.2) is 0 Å². The molecule has 98 valence electrons. The van der Waals surface area contributed by atoms with Gasteiger partial charge in [-0.3, -0.25) is 4.79 Å². The number of rotatable bonds is 4. The summed E-state index contributed by atoms with van der Waals surface area (Å²) in [6, 6.07) is 0. The average Bonchev–Trinajstić information content (AvgIpc) is 3.11. The standard InChI is InChI=1S/C14H26N2O/c1-10-5-3-4-6-11(10)9-16-13(17)14(2,15)12-7-8-12/h10-12H,3-9,15H2,1-2H3,(H,16,17). The van der Waals surface area contributed by atoms with Crippen molar-refractivity contribution in [1.82, 2.24) is 5.32 Å². The molecule has 3 unspecified atom stereocenters. The van der Waals surface area contributed by atoms with Crippen LogP contribution in [0, 0.1) is 17.8 Å². The van der Waals surface area contributed by atoms with E-state index in [9.17, 15) is 4.79 Å². The summed E-state index contributed by atoms with van der Waals surface area (Å²) >= 11 is 0. The molecule has 17 heavy (non-hydrogen) atoms. The third kappa shape index (κ3) is 3.01. The minimum Gasteiger partial charge on any atom is -0.354 e. The Bertz CT molecular complexity index is 284. The summed E-state index contributed by atoms with van der Waals surface area (Å²) in [6.07, 6.45) is 7.45. The monoisotopic (exact) mass is 238 g/mol. The van der Waals surface area contributed by atoms with E-state index in [1.54, 1.807) is 0 Å². The van der Waals surface area contributed by atoms with Crippen LogP contribution >= 0.6 is 0 Å². The van der Waals surface area contributed by atoms with Crippen LogP contribution in [0.3, 0.4) is 0 Å². The first-order valence-electron chi connectivity index (χ1n) is 7.09. The number of carbonyl (C=O) groups is 1. The predicted octanol–water partition coefficient (Wildman–Crippen LogP) is 2.06. The number of carbonyl (C=O) groups excluding carboxylic acids is 1. The van der Waals surface area contributed by atoms with Crippen molar-refractivity contribution in [2.75, 3.05) is 6.54 Å². The molecule has 2 aliphatic carbocycles. The molecule has 2 saturated carbocycles. The summed E-state index contributed by atoms with van der Waals surface area (Å²) in [5.74, 6) is 1.86. The van der Waals surface area contributed by atoms with Crippen LogP contribution < -0.4 is 11.1 Å². The fraction of sp³-hybridized carbons (Fsp3) is 0.929. The highest BCUT2D eigenvalue weighted by atomic mass is 16.2. The number of amides is 1. The first kappa shape index (κ1) is 12.9. The Kier molecular flexibility index (Phi) is 3.76. The van der Waals surface area contributed by atoms with E-state index in [0.29, 0.717) is 11.8 Å². The smallest absolute Gasteiger partial charge is 0.240 e. The van der Waals surface area contributed by atoms with Gasteiger partial charge in [0.05, 0.1) is 5.54 Å². The lowest BCUT2D eigenvalue weighted by atomic mass is 9.80. The second-order valence-corrected chi connectivity index (χ2v) is 6.29. The molecule has 0 spiro atoms. The van der Waals surface area contributed by atoms with Gasteiger partial charge in [0.1, 0.15) is 0 Å². The molecular formula is C14H26N2O. The minimum atomic E-state index is -0.641. The molecule has 2 aliphatic rings. The van der Waals surface area contributed by atoms with Crippen molar-refractivity contribution in [2.24, 2.45) is 23.5 Å². The van der Waals surface area contributed by atoms with Crippen LogP contribution in [0.15, 0.2) is 0 Å². The van der Waals surface area contributed by atoms with Crippen molar-refractivity contribution in [2.45, 2.75) is 57.9 Å². The summed E-state index contributed by atoms with van der Waals surface area (Å²) in [7, 11) is 0. The summed E-state index contributed by atoms with van der Waals surface area (Å²) < 4.78 is 0. The molecule has 0 aromatic rings.